The highest BCUT2D eigenvalue weighted by atomic mass is 127. The second kappa shape index (κ2) is 11.2. The summed E-state index contributed by atoms with van der Waals surface area (Å²) in [6.07, 6.45) is 4.26. The predicted molar refractivity (Wildman–Crippen MR) is 117 cm³/mol. The number of nitrogens with zero attached hydrogens (tertiary/aromatic N) is 3. The van der Waals surface area contributed by atoms with E-state index in [0.29, 0.717) is 12.6 Å². The highest BCUT2D eigenvalue weighted by Gasteiger charge is 2.24. The van der Waals surface area contributed by atoms with Crippen LogP contribution in [0.4, 0.5) is 0 Å². The van der Waals surface area contributed by atoms with Crippen molar-refractivity contribution in [2.45, 2.75) is 38.9 Å². The summed E-state index contributed by atoms with van der Waals surface area (Å²) >= 11 is 0. The van der Waals surface area contributed by atoms with E-state index in [9.17, 15) is 0 Å². The average Bonchev–Trinajstić information content (AvgIpc) is 3.30. The van der Waals surface area contributed by atoms with Gasteiger partial charge in [-0.25, -0.2) is 4.99 Å². The van der Waals surface area contributed by atoms with Gasteiger partial charge in [0.1, 0.15) is 0 Å². The molecule has 3 N–H and O–H groups in total. The first kappa shape index (κ1) is 20.7. The molecule has 0 aliphatic carbocycles. The van der Waals surface area contributed by atoms with Crippen molar-refractivity contribution in [3.63, 3.8) is 0 Å². The fourth-order valence-corrected chi connectivity index (χ4v) is 3.25. The van der Waals surface area contributed by atoms with E-state index in [4.69, 9.17) is 0 Å². The van der Waals surface area contributed by atoms with Crippen molar-refractivity contribution in [2.24, 2.45) is 4.99 Å². The topological polar surface area (TPSA) is 68.3 Å². The lowest BCUT2D eigenvalue weighted by atomic mass is 10.2. The Morgan fingerprint density at radius 2 is 2.12 bits per heavy atom. The molecule has 7 heteroatoms. The lowest BCUT2D eigenvalue weighted by molar-refractivity contribution is 0.245. The first-order valence-corrected chi connectivity index (χ1v) is 9.13. The molecule has 0 spiro atoms. The maximum atomic E-state index is 4.63. The van der Waals surface area contributed by atoms with Crippen molar-refractivity contribution in [1.82, 2.24) is 25.7 Å². The molecule has 1 aromatic heterocycles. The van der Waals surface area contributed by atoms with Gasteiger partial charge in [0.2, 0.25) is 0 Å². The summed E-state index contributed by atoms with van der Waals surface area (Å²) in [4.78, 5) is 7.20. The number of hydrogen-bond acceptors (Lipinski definition) is 3. The smallest absolute Gasteiger partial charge is 0.191 e. The Kier molecular flexibility index (Phi) is 8.90. The van der Waals surface area contributed by atoms with Gasteiger partial charge < -0.3 is 10.6 Å². The normalized spacial score (nSPS) is 17.7. The first-order valence-electron chi connectivity index (χ1n) is 9.13. The van der Waals surface area contributed by atoms with E-state index >= 15 is 0 Å². The van der Waals surface area contributed by atoms with Crippen LogP contribution >= 0.6 is 24.0 Å². The van der Waals surface area contributed by atoms with E-state index in [2.05, 4.69) is 68.0 Å². The maximum absolute atomic E-state index is 4.63. The van der Waals surface area contributed by atoms with Crippen LogP contribution in [-0.4, -0.2) is 46.7 Å². The van der Waals surface area contributed by atoms with Crippen LogP contribution in [0.5, 0.6) is 0 Å². The van der Waals surface area contributed by atoms with Gasteiger partial charge in [-0.2, -0.15) is 5.10 Å². The zero-order valence-corrected chi connectivity index (χ0v) is 17.6. The van der Waals surface area contributed by atoms with Gasteiger partial charge >= 0.3 is 0 Å². The van der Waals surface area contributed by atoms with E-state index < -0.39 is 0 Å². The molecule has 1 saturated heterocycles. The number of aromatic amines is 1. The molecule has 26 heavy (non-hydrogen) atoms. The minimum absolute atomic E-state index is 0. The van der Waals surface area contributed by atoms with Crippen molar-refractivity contribution < 1.29 is 0 Å². The summed E-state index contributed by atoms with van der Waals surface area (Å²) in [7, 11) is 0. The number of H-pyrrole nitrogens is 1. The molecule has 0 saturated carbocycles. The lowest BCUT2D eigenvalue weighted by Gasteiger charge is -2.25. The highest BCUT2D eigenvalue weighted by Crippen LogP contribution is 2.19. The van der Waals surface area contributed by atoms with Crippen LogP contribution in [0.15, 0.2) is 47.6 Å². The molecule has 1 unspecified atom stereocenters. The number of aromatic nitrogens is 2. The van der Waals surface area contributed by atoms with Crippen molar-refractivity contribution >= 4 is 29.9 Å². The minimum Gasteiger partial charge on any atom is -0.357 e. The van der Waals surface area contributed by atoms with E-state index in [1.807, 2.05) is 6.07 Å². The summed E-state index contributed by atoms with van der Waals surface area (Å²) in [5.41, 5.74) is 2.40. The molecule has 3 rings (SSSR count). The largest absolute Gasteiger partial charge is 0.357 e. The molecule has 2 heterocycles. The molecule has 0 amide bonds. The lowest BCUT2D eigenvalue weighted by Crippen LogP contribution is -2.44. The summed E-state index contributed by atoms with van der Waals surface area (Å²) in [6, 6.07) is 13.2. The van der Waals surface area contributed by atoms with Crippen molar-refractivity contribution in [3.05, 3.63) is 53.9 Å². The predicted octanol–water partition coefficient (Wildman–Crippen LogP) is 2.75. The SMILES string of the molecule is CCNC(=NCc1ccn[nH]1)NCC1CCCN1Cc1ccccc1.I. The molecule has 1 fully saturated rings. The molecule has 6 nitrogen and oxygen atoms in total. The third-order valence-corrected chi connectivity index (χ3v) is 4.54. The number of benzene rings is 1. The molecular weight excluding hydrogens is 439 g/mol. The number of hydrogen-bond donors (Lipinski definition) is 3. The molecule has 1 aromatic carbocycles. The molecule has 142 valence electrons. The Balaban J connectivity index is 0.00000243. The monoisotopic (exact) mass is 468 g/mol. The van der Waals surface area contributed by atoms with Crippen LogP contribution in [0.25, 0.3) is 0 Å². The Morgan fingerprint density at radius 3 is 2.85 bits per heavy atom. The Hall–Kier alpha value is -1.61. The summed E-state index contributed by atoms with van der Waals surface area (Å²) in [6.45, 7) is 6.66. The number of aliphatic imine (C=N–C) groups is 1. The standard InChI is InChI=1S/C19H28N6.HI/c1-2-20-19(21-13-17-10-11-23-24-17)22-14-18-9-6-12-25(18)15-16-7-4-3-5-8-16;/h3-5,7-8,10-11,18H,2,6,9,12-15H2,1H3,(H,23,24)(H2,20,21,22);1H. The van der Waals surface area contributed by atoms with Crippen molar-refractivity contribution in [2.75, 3.05) is 19.6 Å². The van der Waals surface area contributed by atoms with E-state index in [1.54, 1.807) is 6.20 Å². The zero-order chi connectivity index (χ0) is 17.3. The molecule has 1 aliphatic heterocycles. The Morgan fingerprint density at radius 1 is 1.27 bits per heavy atom. The number of nitrogens with one attached hydrogen (secondary N) is 3. The fraction of sp³-hybridized carbons (Fsp3) is 0.474. The van der Waals surface area contributed by atoms with Crippen LogP contribution in [0.2, 0.25) is 0 Å². The second-order valence-corrected chi connectivity index (χ2v) is 6.41. The van der Waals surface area contributed by atoms with Crippen molar-refractivity contribution in [1.29, 1.82) is 0 Å². The van der Waals surface area contributed by atoms with Gasteiger partial charge in [0, 0.05) is 31.9 Å². The van der Waals surface area contributed by atoms with Gasteiger partial charge in [-0.05, 0) is 37.9 Å². The van der Waals surface area contributed by atoms with E-state index in [1.165, 1.54) is 24.9 Å². The summed E-state index contributed by atoms with van der Waals surface area (Å²) < 4.78 is 0. The average molecular weight is 468 g/mol. The van der Waals surface area contributed by atoms with Crippen molar-refractivity contribution in [3.8, 4) is 0 Å². The first-order chi connectivity index (χ1) is 12.3. The third-order valence-electron chi connectivity index (χ3n) is 4.54. The second-order valence-electron chi connectivity index (χ2n) is 6.41. The summed E-state index contributed by atoms with van der Waals surface area (Å²) in [5, 5.41) is 13.7. The molecule has 1 aliphatic rings. The van der Waals surface area contributed by atoms with Crippen LogP contribution in [0, 0.1) is 0 Å². The van der Waals surface area contributed by atoms with Crippen LogP contribution < -0.4 is 10.6 Å². The number of likely N-dealkylation sites (tertiary alicyclic amines) is 1. The minimum atomic E-state index is 0. The van der Waals surface area contributed by atoms with E-state index in [-0.39, 0.29) is 24.0 Å². The fourth-order valence-electron chi connectivity index (χ4n) is 3.25. The van der Waals surface area contributed by atoms with Gasteiger partial charge in [-0.15, -0.1) is 24.0 Å². The number of halogens is 1. The highest BCUT2D eigenvalue weighted by molar-refractivity contribution is 14.0. The molecular formula is C19H29IN6. The number of guanidine groups is 1. The van der Waals surface area contributed by atoms with Gasteiger partial charge in [0.05, 0.1) is 12.2 Å². The van der Waals surface area contributed by atoms with Crippen LogP contribution in [-0.2, 0) is 13.1 Å². The van der Waals surface area contributed by atoms with Crippen LogP contribution in [0.3, 0.4) is 0 Å². The van der Waals surface area contributed by atoms with E-state index in [0.717, 1.165) is 31.3 Å². The van der Waals surface area contributed by atoms with Gasteiger partial charge in [-0.3, -0.25) is 10.00 Å². The Labute approximate surface area is 172 Å². The molecule has 0 bridgehead atoms. The quantitative estimate of drug-likeness (QED) is 0.332. The summed E-state index contributed by atoms with van der Waals surface area (Å²) in [5.74, 6) is 0.865. The van der Waals surface area contributed by atoms with Gasteiger partial charge in [-0.1, -0.05) is 30.3 Å². The molecule has 2 aromatic rings. The molecule has 0 radical (unpaired) electrons. The Bertz CT molecular complexity index is 643. The van der Waals surface area contributed by atoms with Gasteiger partial charge in [0.15, 0.2) is 5.96 Å². The molecule has 1 atom stereocenters. The van der Waals surface area contributed by atoms with Crippen LogP contribution in [0.1, 0.15) is 31.0 Å². The third kappa shape index (κ3) is 6.28. The van der Waals surface area contributed by atoms with Gasteiger partial charge in [0.25, 0.3) is 0 Å². The zero-order valence-electron chi connectivity index (χ0n) is 15.3. The maximum Gasteiger partial charge on any atom is 0.191 e. The number of rotatable bonds is 7.